The van der Waals surface area contributed by atoms with Gasteiger partial charge in [-0.25, -0.2) is 0 Å². The maximum atomic E-state index is 5.45. The van der Waals surface area contributed by atoms with Gasteiger partial charge in [0.15, 0.2) is 5.96 Å². The minimum atomic E-state index is 0.483. The largest absolute Gasteiger partial charge is 0.497 e. The van der Waals surface area contributed by atoms with E-state index in [1.54, 1.807) is 14.2 Å². The normalized spacial score (nSPS) is 16.6. The first-order chi connectivity index (χ1) is 12.2. The number of benzene rings is 1. The summed E-state index contributed by atoms with van der Waals surface area (Å²) in [7, 11) is 5.15. The fraction of sp³-hybridized carbons (Fsp3) is 0.632. The zero-order valence-corrected chi connectivity index (χ0v) is 16.0. The lowest BCUT2D eigenvalue weighted by Gasteiger charge is -2.32. The van der Waals surface area contributed by atoms with Crippen LogP contribution in [0.25, 0.3) is 0 Å². The number of guanidine groups is 1. The fourth-order valence-electron chi connectivity index (χ4n) is 3.18. The Balaban J connectivity index is 1.85. The average molecular weight is 348 g/mol. The van der Waals surface area contributed by atoms with Gasteiger partial charge in [-0.2, -0.15) is 0 Å². The molecule has 140 valence electrons. The van der Waals surface area contributed by atoms with Gasteiger partial charge in [0, 0.05) is 44.4 Å². The Hall–Kier alpha value is -1.95. The zero-order chi connectivity index (χ0) is 18.1. The standard InChI is InChI=1S/C19H32N4O2/c1-5-10-23-11-8-16(9-12-23)22-19(20-2)21-14-15-6-7-17(24-3)13-18(15)25-4/h6-7,13,16H,5,8-12,14H2,1-4H3,(H2,20,21,22). The molecule has 0 aromatic heterocycles. The molecule has 1 aromatic rings. The first-order valence-electron chi connectivity index (χ1n) is 9.10. The Morgan fingerprint density at radius 3 is 2.60 bits per heavy atom. The highest BCUT2D eigenvalue weighted by Crippen LogP contribution is 2.24. The van der Waals surface area contributed by atoms with Crippen molar-refractivity contribution in [2.45, 2.75) is 38.8 Å². The molecule has 2 rings (SSSR count). The third-order valence-electron chi connectivity index (χ3n) is 4.63. The van der Waals surface area contributed by atoms with E-state index >= 15 is 0 Å². The SMILES string of the molecule is CCCN1CCC(NC(=NC)NCc2ccc(OC)cc2OC)CC1. The van der Waals surface area contributed by atoms with Gasteiger partial charge in [-0.15, -0.1) is 0 Å². The third kappa shape index (κ3) is 5.81. The second kappa shape index (κ2) is 10.1. The zero-order valence-electron chi connectivity index (χ0n) is 16.0. The van der Waals surface area contributed by atoms with Crippen LogP contribution in [-0.2, 0) is 6.54 Å². The minimum absolute atomic E-state index is 0.483. The molecule has 0 aliphatic carbocycles. The molecule has 2 N–H and O–H groups in total. The molecular weight excluding hydrogens is 316 g/mol. The number of nitrogens with one attached hydrogen (secondary N) is 2. The molecule has 0 amide bonds. The third-order valence-corrected chi connectivity index (χ3v) is 4.63. The molecule has 1 fully saturated rings. The molecule has 1 aliphatic heterocycles. The summed E-state index contributed by atoms with van der Waals surface area (Å²) in [6.45, 7) is 6.42. The van der Waals surface area contributed by atoms with Gasteiger partial charge >= 0.3 is 0 Å². The number of hydrogen-bond acceptors (Lipinski definition) is 4. The van der Waals surface area contributed by atoms with Crippen LogP contribution < -0.4 is 20.1 Å². The summed E-state index contributed by atoms with van der Waals surface area (Å²) in [5, 5.41) is 6.93. The van der Waals surface area contributed by atoms with Crippen molar-refractivity contribution < 1.29 is 9.47 Å². The summed E-state index contributed by atoms with van der Waals surface area (Å²) >= 11 is 0. The van der Waals surface area contributed by atoms with Gasteiger partial charge in [0.05, 0.1) is 14.2 Å². The van der Waals surface area contributed by atoms with E-state index in [9.17, 15) is 0 Å². The van der Waals surface area contributed by atoms with Crippen LogP contribution in [0.2, 0.25) is 0 Å². The van der Waals surface area contributed by atoms with E-state index in [1.807, 2.05) is 25.2 Å². The number of methoxy groups -OCH3 is 2. The molecule has 6 nitrogen and oxygen atoms in total. The van der Waals surface area contributed by atoms with Crippen LogP contribution in [0.5, 0.6) is 11.5 Å². The van der Waals surface area contributed by atoms with Gasteiger partial charge in [-0.05, 0) is 37.9 Å². The molecule has 1 heterocycles. The smallest absolute Gasteiger partial charge is 0.191 e. The van der Waals surface area contributed by atoms with E-state index in [0.29, 0.717) is 12.6 Å². The molecule has 0 saturated carbocycles. The van der Waals surface area contributed by atoms with Crippen molar-refractivity contribution in [3.63, 3.8) is 0 Å². The van der Waals surface area contributed by atoms with Crippen molar-refractivity contribution in [2.24, 2.45) is 4.99 Å². The molecule has 0 radical (unpaired) electrons. The van der Waals surface area contributed by atoms with E-state index in [2.05, 4.69) is 27.4 Å². The summed E-state index contributed by atoms with van der Waals surface area (Å²) in [6, 6.07) is 6.34. The number of aliphatic imine (C=N–C) groups is 1. The van der Waals surface area contributed by atoms with Crippen LogP contribution >= 0.6 is 0 Å². The van der Waals surface area contributed by atoms with E-state index in [-0.39, 0.29) is 0 Å². The summed E-state index contributed by atoms with van der Waals surface area (Å²) in [5.74, 6) is 2.45. The monoisotopic (exact) mass is 348 g/mol. The average Bonchev–Trinajstić information content (AvgIpc) is 2.66. The van der Waals surface area contributed by atoms with Gasteiger partial charge in [0.25, 0.3) is 0 Å². The number of ether oxygens (including phenoxy) is 2. The van der Waals surface area contributed by atoms with Crippen LogP contribution in [0, 0.1) is 0 Å². The van der Waals surface area contributed by atoms with Crippen molar-refractivity contribution >= 4 is 5.96 Å². The van der Waals surface area contributed by atoms with E-state index in [0.717, 1.165) is 49.0 Å². The Kier molecular flexibility index (Phi) is 7.85. The first-order valence-corrected chi connectivity index (χ1v) is 9.10. The van der Waals surface area contributed by atoms with Crippen molar-refractivity contribution in [3.05, 3.63) is 23.8 Å². The van der Waals surface area contributed by atoms with Gasteiger partial charge in [0.2, 0.25) is 0 Å². The fourth-order valence-corrected chi connectivity index (χ4v) is 3.18. The van der Waals surface area contributed by atoms with E-state index < -0.39 is 0 Å². The quantitative estimate of drug-likeness (QED) is 0.585. The van der Waals surface area contributed by atoms with Gasteiger partial charge in [0.1, 0.15) is 11.5 Å². The first kappa shape index (κ1) is 19.4. The predicted octanol–water partition coefficient (Wildman–Crippen LogP) is 2.24. The number of piperidine rings is 1. The molecule has 0 bridgehead atoms. The Labute approximate surface area is 151 Å². The highest BCUT2D eigenvalue weighted by atomic mass is 16.5. The van der Waals surface area contributed by atoms with Crippen molar-refractivity contribution in [2.75, 3.05) is 40.9 Å². The number of rotatable bonds is 7. The van der Waals surface area contributed by atoms with Crippen LogP contribution in [0.4, 0.5) is 0 Å². The Morgan fingerprint density at radius 2 is 2.00 bits per heavy atom. The van der Waals surface area contributed by atoms with Crippen molar-refractivity contribution in [1.29, 1.82) is 0 Å². The Bertz CT molecular complexity index is 554. The highest BCUT2D eigenvalue weighted by Gasteiger charge is 2.19. The maximum absolute atomic E-state index is 5.45. The summed E-state index contributed by atoms with van der Waals surface area (Å²) in [4.78, 5) is 6.90. The van der Waals surface area contributed by atoms with Crippen molar-refractivity contribution in [1.82, 2.24) is 15.5 Å². The molecule has 1 aromatic carbocycles. The molecule has 6 heteroatoms. The topological polar surface area (TPSA) is 58.1 Å². The number of nitrogens with zero attached hydrogens (tertiary/aromatic N) is 2. The second-order valence-corrected chi connectivity index (χ2v) is 6.36. The lowest BCUT2D eigenvalue weighted by atomic mass is 10.1. The molecule has 0 atom stereocenters. The molecule has 0 spiro atoms. The maximum Gasteiger partial charge on any atom is 0.191 e. The summed E-state index contributed by atoms with van der Waals surface area (Å²) < 4.78 is 10.7. The molecule has 1 aliphatic rings. The minimum Gasteiger partial charge on any atom is -0.497 e. The number of likely N-dealkylation sites (tertiary alicyclic amines) is 1. The lowest BCUT2D eigenvalue weighted by Crippen LogP contribution is -2.48. The Morgan fingerprint density at radius 1 is 1.24 bits per heavy atom. The van der Waals surface area contributed by atoms with Gasteiger partial charge in [-0.3, -0.25) is 4.99 Å². The van der Waals surface area contributed by atoms with Gasteiger partial charge < -0.3 is 25.0 Å². The highest BCUT2D eigenvalue weighted by molar-refractivity contribution is 5.80. The van der Waals surface area contributed by atoms with Crippen LogP contribution in [0.15, 0.2) is 23.2 Å². The van der Waals surface area contributed by atoms with E-state index in [1.165, 1.54) is 13.0 Å². The van der Waals surface area contributed by atoms with Crippen LogP contribution in [0.3, 0.4) is 0 Å². The lowest BCUT2D eigenvalue weighted by molar-refractivity contribution is 0.206. The van der Waals surface area contributed by atoms with Gasteiger partial charge in [-0.1, -0.05) is 6.92 Å². The summed E-state index contributed by atoms with van der Waals surface area (Å²) in [5.41, 5.74) is 1.07. The van der Waals surface area contributed by atoms with Crippen LogP contribution in [0.1, 0.15) is 31.7 Å². The predicted molar refractivity (Wildman–Crippen MR) is 103 cm³/mol. The number of hydrogen-bond donors (Lipinski definition) is 2. The second-order valence-electron chi connectivity index (χ2n) is 6.36. The van der Waals surface area contributed by atoms with E-state index in [4.69, 9.17) is 9.47 Å². The van der Waals surface area contributed by atoms with Crippen LogP contribution in [-0.4, -0.2) is 57.8 Å². The van der Waals surface area contributed by atoms with Crippen molar-refractivity contribution in [3.8, 4) is 11.5 Å². The molecule has 25 heavy (non-hydrogen) atoms. The molecular formula is C19H32N4O2. The molecule has 1 saturated heterocycles. The molecule has 0 unspecified atom stereocenters. The summed E-state index contributed by atoms with van der Waals surface area (Å²) in [6.07, 6.45) is 3.55.